The Hall–Kier alpha value is -4.18. The van der Waals surface area contributed by atoms with E-state index in [0.29, 0.717) is 11.8 Å². The van der Waals surface area contributed by atoms with Crippen LogP contribution in [-0.2, 0) is 12.8 Å². The quantitative estimate of drug-likeness (QED) is 0.286. The molecular weight excluding hydrogens is 492 g/mol. The molecule has 40 heavy (non-hydrogen) atoms. The van der Waals surface area contributed by atoms with Gasteiger partial charge in [0.05, 0.1) is 0 Å². The van der Waals surface area contributed by atoms with Gasteiger partial charge in [-0.25, -0.2) is 0 Å². The molecule has 2 unspecified atom stereocenters. The Morgan fingerprint density at radius 2 is 0.900 bits per heavy atom. The molecule has 4 N–H and O–H groups in total. The van der Waals surface area contributed by atoms with E-state index in [9.17, 15) is 0 Å². The van der Waals surface area contributed by atoms with E-state index in [0.717, 1.165) is 47.2 Å². The Balaban J connectivity index is 1.18. The first-order valence-electron chi connectivity index (χ1n) is 14.0. The summed E-state index contributed by atoms with van der Waals surface area (Å²) in [6.07, 6.45) is 15.2. The van der Waals surface area contributed by atoms with Crippen molar-refractivity contribution in [3.63, 3.8) is 0 Å². The molecule has 0 spiro atoms. The van der Waals surface area contributed by atoms with Crippen molar-refractivity contribution in [2.45, 2.75) is 40.5 Å². The van der Waals surface area contributed by atoms with E-state index in [4.69, 9.17) is 20.9 Å². The average molecular weight is 533 g/mol. The third-order valence-electron chi connectivity index (χ3n) is 8.09. The van der Waals surface area contributed by atoms with Gasteiger partial charge in [-0.15, -0.1) is 0 Å². The molecule has 2 aliphatic rings. The minimum Gasteiger partial charge on any atom is -0.458 e. The van der Waals surface area contributed by atoms with Crippen molar-refractivity contribution in [3.8, 4) is 11.5 Å². The van der Waals surface area contributed by atoms with E-state index in [2.05, 4.69) is 88.4 Å². The smallest absolute Gasteiger partial charge is 0.127 e. The van der Waals surface area contributed by atoms with Gasteiger partial charge in [0, 0.05) is 11.4 Å². The predicted octanol–water partition coefficient (Wildman–Crippen LogP) is 8.29. The average Bonchev–Trinajstić information content (AvgIpc) is 2.90. The molecule has 0 saturated carbocycles. The fourth-order valence-corrected chi connectivity index (χ4v) is 5.41. The van der Waals surface area contributed by atoms with Gasteiger partial charge in [-0.2, -0.15) is 0 Å². The van der Waals surface area contributed by atoms with Crippen LogP contribution in [0.15, 0.2) is 121 Å². The summed E-state index contributed by atoms with van der Waals surface area (Å²) in [7, 11) is 0. The van der Waals surface area contributed by atoms with Crippen molar-refractivity contribution in [2.75, 3.05) is 11.5 Å². The van der Waals surface area contributed by atoms with Crippen molar-refractivity contribution >= 4 is 11.4 Å². The van der Waals surface area contributed by atoms with Gasteiger partial charge in [-0.3, -0.25) is 0 Å². The van der Waals surface area contributed by atoms with Gasteiger partial charge in [-0.1, -0.05) is 64.1 Å². The van der Waals surface area contributed by atoms with Crippen LogP contribution in [-0.4, -0.2) is 0 Å². The Labute approximate surface area is 238 Å². The molecule has 4 nitrogen and oxygen atoms in total. The van der Waals surface area contributed by atoms with Gasteiger partial charge in [0.15, 0.2) is 0 Å². The summed E-state index contributed by atoms with van der Waals surface area (Å²) < 4.78 is 12.2. The topological polar surface area (TPSA) is 70.5 Å². The van der Waals surface area contributed by atoms with Crippen LogP contribution in [0.4, 0.5) is 11.4 Å². The highest BCUT2D eigenvalue weighted by Crippen LogP contribution is 2.39. The van der Waals surface area contributed by atoms with Crippen LogP contribution in [0.5, 0.6) is 11.5 Å². The SMILES string of the molecule is CC1(C)C=C(Oc2ccc(N)cc2)C=CC1Cc1ccc(CC2C=CC(Oc3ccc(N)cc3)=CC2(C)C)cc1. The monoisotopic (exact) mass is 532 g/mol. The Bertz CT molecular complexity index is 1330. The van der Waals surface area contributed by atoms with Crippen LogP contribution in [0, 0.1) is 22.7 Å². The van der Waals surface area contributed by atoms with Gasteiger partial charge in [0.1, 0.15) is 23.0 Å². The lowest BCUT2D eigenvalue weighted by Crippen LogP contribution is -2.26. The van der Waals surface area contributed by atoms with Crippen molar-refractivity contribution in [1.29, 1.82) is 0 Å². The van der Waals surface area contributed by atoms with Crippen LogP contribution in [0.2, 0.25) is 0 Å². The van der Waals surface area contributed by atoms with Gasteiger partial charge < -0.3 is 20.9 Å². The van der Waals surface area contributed by atoms with Gasteiger partial charge in [-0.05, 0) is 119 Å². The molecule has 2 atom stereocenters. The number of anilines is 2. The number of nitrogens with two attached hydrogens (primary N) is 2. The Kier molecular flexibility index (Phi) is 7.62. The minimum atomic E-state index is -0.0219. The maximum atomic E-state index is 6.09. The Morgan fingerprint density at radius 1 is 0.550 bits per heavy atom. The zero-order valence-corrected chi connectivity index (χ0v) is 23.9. The maximum absolute atomic E-state index is 6.09. The number of benzene rings is 3. The molecule has 0 radical (unpaired) electrons. The summed E-state index contributed by atoms with van der Waals surface area (Å²) in [4.78, 5) is 0. The molecule has 4 heteroatoms. The molecule has 0 amide bonds. The maximum Gasteiger partial charge on any atom is 0.127 e. The van der Waals surface area contributed by atoms with E-state index in [1.807, 2.05) is 48.5 Å². The highest BCUT2D eigenvalue weighted by atomic mass is 16.5. The molecule has 0 saturated heterocycles. The molecule has 206 valence electrons. The van der Waals surface area contributed by atoms with Crippen molar-refractivity contribution in [2.24, 2.45) is 22.7 Å². The number of allylic oxidation sites excluding steroid dienone is 6. The van der Waals surface area contributed by atoms with Crippen molar-refractivity contribution < 1.29 is 9.47 Å². The fourth-order valence-electron chi connectivity index (χ4n) is 5.41. The van der Waals surface area contributed by atoms with Crippen LogP contribution in [0.3, 0.4) is 0 Å². The number of nitrogen functional groups attached to an aromatic ring is 2. The summed E-state index contributed by atoms with van der Waals surface area (Å²) in [6.45, 7) is 9.10. The molecule has 0 aromatic heterocycles. The molecule has 2 aliphatic carbocycles. The first-order valence-corrected chi connectivity index (χ1v) is 14.0. The second-order valence-electron chi connectivity index (χ2n) is 12.2. The predicted molar refractivity (Wildman–Crippen MR) is 166 cm³/mol. The Morgan fingerprint density at radius 3 is 1.23 bits per heavy atom. The number of rotatable bonds is 8. The first-order chi connectivity index (χ1) is 19.1. The van der Waals surface area contributed by atoms with E-state index < -0.39 is 0 Å². The molecule has 3 aromatic rings. The number of hydrogen-bond acceptors (Lipinski definition) is 4. The van der Waals surface area contributed by atoms with E-state index in [1.165, 1.54) is 11.1 Å². The first kappa shape index (κ1) is 27.4. The minimum absolute atomic E-state index is 0.0219. The van der Waals surface area contributed by atoms with Crippen LogP contribution in [0.25, 0.3) is 0 Å². The fraction of sp³-hybridized carbons (Fsp3) is 0.278. The highest BCUT2D eigenvalue weighted by Gasteiger charge is 2.31. The molecule has 0 bridgehead atoms. The summed E-state index contributed by atoms with van der Waals surface area (Å²) in [5.74, 6) is 4.13. The zero-order valence-electron chi connectivity index (χ0n) is 23.9. The van der Waals surface area contributed by atoms with Crippen LogP contribution in [0.1, 0.15) is 38.8 Å². The molecule has 5 rings (SSSR count). The van der Waals surface area contributed by atoms with Crippen LogP contribution >= 0.6 is 0 Å². The summed E-state index contributed by atoms with van der Waals surface area (Å²) >= 11 is 0. The summed E-state index contributed by atoms with van der Waals surface area (Å²) in [5.41, 5.74) is 15.7. The van der Waals surface area contributed by atoms with Crippen molar-refractivity contribution in [3.05, 3.63) is 132 Å². The third-order valence-corrected chi connectivity index (χ3v) is 8.09. The normalized spacial score (nSPS) is 20.9. The largest absolute Gasteiger partial charge is 0.458 e. The summed E-state index contributed by atoms with van der Waals surface area (Å²) in [5, 5.41) is 0. The van der Waals surface area contributed by atoms with E-state index in [-0.39, 0.29) is 10.8 Å². The van der Waals surface area contributed by atoms with Crippen LogP contribution < -0.4 is 20.9 Å². The number of hydrogen-bond donors (Lipinski definition) is 2. The molecule has 0 heterocycles. The van der Waals surface area contributed by atoms with Gasteiger partial charge >= 0.3 is 0 Å². The highest BCUT2D eigenvalue weighted by molar-refractivity contribution is 5.44. The van der Waals surface area contributed by atoms with Gasteiger partial charge in [0.2, 0.25) is 0 Å². The number of ether oxygens (including phenoxy) is 2. The van der Waals surface area contributed by atoms with Gasteiger partial charge in [0.25, 0.3) is 0 Å². The second-order valence-corrected chi connectivity index (χ2v) is 12.2. The lowest BCUT2D eigenvalue weighted by atomic mass is 9.72. The summed E-state index contributed by atoms with van der Waals surface area (Å²) in [6, 6.07) is 24.2. The van der Waals surface area contributed by atoms with E-state index in [1.54, 1.807) is 0 Å². The molecule has 0 fully saturated rings. The standard InChI is InChI=1S/C36H40N2O2/c1-35(2)23-33(39-31-17-11-29(37)12-18-31)15-9-27(35)21-25-5-7-26(8-6-25)22-28-10-16-34(24-36(28,3)4)40-32-19-13-30(38)14-20-32/h5-20,23-24,27-28H,21-22,37-38H2,1-4H3. The second kappa shape index (κ2) is 11.1. The lowest BCUT2D eigenvalue weighted by molar-refractivity contribution is 0.312. The van der Waals surface area contributed by atoms with E-state index >= 15 is 0 Å². The lowest BCUT2D eigenvalue weighted by Gasteiger charge is -2.33. The third kappa shape index (κ3) is 6.69. The molecular formula is C36H40N2O2. The zero-order chi connectivity index (χ0) is 28.3. The van der Waals surface area contributed by atoms with Crippen molar-refractivity contribution in [1.82, 2.24) is 0 Å². The molecule has 0 aliphatic heterocycles. The molecule has 3 aromatic carbocycles.